The van der Waals surface area contributed by atoms with Gasteiger partial charge in [0.1, 0.15) is 12.2 Å². The molecule has 174 valence electrons. The summed E-state index contributed by atoms with van der Waals surface area (Å²) in [5, 5.41) is 12.8. The van der Waals surface area contributed by atoms with Crippen molar-refractivity contribution in [3.63, 3.8) is 0 Å². The Morgan fingerprint density at radius 1 is 1.09 bits per heavy atom. The van der Waals surface area contributed by atoms with Crippen LogP contribution in [0.1, 0.15) is 19.8 Å². The fourth-order valence-electron chi connectivity index (χ4n) is 3.89. The molecule has 1 aromatic carbocycles. The first-order valence-electron chi connectivity index (χ1n) is 10.9. The van der Waals surface area contributed by atoms with E-state index in [9.17, 15) is 14.4 Å². The quantitative estimate of drug-likeness (QED) is 0.422. The molecule has 0 bridgehead atoms. The van der Waals surface area contributed by atoms with Crippen LogP contribution in [0, 0.1) is 0 Å². The molecule has 0 atom stereocenters. The molecule has 0 aliphatic carbocycles. The second kappa shape index (κ2) is 9.35. The van der Waals surface area contributed by atoms with Gasteiger partial charge in [0, 0.05) is 31.4 Å². The Morgan fingerprint density at radius 2 is 1.85 bits per heavy atom. The summed E-state index contributed by atoms with van der Waals surface area (Å²) in [6.07, 6.45) is 2.22. The number of nitrogens with zero attached hydrogens (tertiary/aromatic N) is 4. The molecule has 0 saturated carbocycles. The standard InChI is InChI=1S/C23H22N6O3S2/c1-14(30)24-15-6-4-7-16(12-15)25-18(31)13-29-22(32)20-21(19(27-29)17-8-5-11-33-17)34-23(26-20)28-9-2-3-10-28/h4-8,11-12H,2-3,9-10,13H2,1H3,(H,24,30)(H,25,31). The van der Waals surface area contributed by atoms with Gasteiger partial charge in [-0.15, -0.1) is 11.3 Å². The van der Waals surface area contributed by atoms with Crippen LogP contribution < -0.4 is 21.1 Å². The minimum absolute atomic E-state index is 0.204. The Morgan fingerprint density at radius 3 is 2.56 bits per heavy atom. The highest BCUT2D eigenvalue weighted by molar-refractivity contribution is 7.23. The van der Waals surface area contributed by atoms with Crippen molar-refractivity contribution in [1.82, 2.24) is 14.8 Å². The van der Waals surface area contributed by atoms with Gasteiger partial charge >= 0.3 is 0 Å². The predicted molar refractivity (Wildman–Crippen MR) is 136 cm³/mol. The Balaban J connectivity index is 1.47. The van der Waals surface area contributed by atoms with Gasteiger partial charge in [0.25, 0.3) is 5.56 Å². The van der Waals surface area contributed by atoms with Crippen molar-refractivity contribution in [1.29, 1.82) is 0 Å². The molecule has 4 aromatic rings. The van der Waals surface area contributed by atoms with E-state index in [2.05, 4.69) is 25.6 Å². The average molecular weight is 495 g/mol. The number of nitrogens with one attached hydrogen (secondary N) is 2. The molecule has 1 aliphatic heterocycles. The molecule has 34 heavy (non-hydrogen) atoms. The number of carbonyl (C=O) groups excluding carboxylic acids is 2. The second-order valence-electron chi connectivity index (χ2n) is 7.97. The fourth-order valence-corrected chi connectivity index (χ4v) is 5.78. The van der Waals surface area contributed by atoms with Gasteiger partial charge in [-0.05, 0) is 42.5 Å². The first-order chi connectivity index (χ1) is 16.5. The highest BCUT2D eigenvalue weighted by atomic mass is 32.1. The lowest BCUT2D eigenvalue weighted by Crippen LogP contribution is -2.30. The zero-order valence-corrected chi connectivity index (χ0v) is 20.0. The lowest BCUT2D eigenvalue weighted by Gasteiger charge is -2.11. The van der Waals surface area contributed by atoms with E-state index >= 15 is 0 Å². The van der Waals surface area contributed by atoms with Gasteiger partial charge in [-0.3, -0.25) is 14.4 Å². The molecule has 1 saturated heterocycles. The van der Waals surface area contributed by atoms with Gasteiger partial charge in [0.15, 0.2) is 10.6 Å². The van der Waals surface area contributed by atoms with E-state index < -0.39 is 5.91 Å². The molecule has 0 unspecified atom stereocenters. The first kappa shape index (κ1) is 22.2. The lowest BCUT2D eigenvalue weighted by molar-refractivity contribution is -0.117. The maximum atomic E-state index is 13.2. The molecule has 2 amide bonds. The monoisotopic (exact) mass is 494 g/mol. The van der Waals surface area contributed by atoms with Crippen LogP contribution in [0.25, 0.3) is 20.8 Å². The number of amides is 2. The van der Waals surface area contributed by atoms with Crippen LogP contribution in [0.15, 0.2) is 46.6 Å². The number of anilines is 3. The van der Waals surface area contributed by atoms with Crippen molar-refractivity contribution in [2.24, 2.45) is 0 Å². The Labute approximate surface area is 203 Å². The van der Waals surface area contributed by atoms with Gasteiger partial charge in [-0.25, -0.2) is 9.67 Å². The average Bonchev–Trinajstić information content (AvgIpc) is 3.57. The van der Waals surface area contributed by atoms with Gasteiger partial charge in [0.05, 0.1) is 9.58 Å². The molecule has 1 fully saturated rings. The van der Waals surface area contributed by atoms with Crippen LogP contribution in [0.5, 0.6) is 0 Å². The first-order valence-corrected chi connectivity index (χ1v) is 12.6. The van der Waals surface area contributed by atoms with E-state index in [1.54, 1.807) is 24.3 Å². The number of rotatable bonds is 6. The van der Waals surface area contributed by atoms with Crippen molar-refractivity contribution in [3.8, 4) is 10.6 Å². The van der Waals surface area contributed by atoms with E-state index in [1.165, 1.54) is 34.3 Å². The number of aromatic nitrogens is 3. The van der Waals surface area contributed by atoms with E-state index in [4.69, 9.17) is 0 Å². The number of hydrogen-bond donors (Lipinski definition) is 2. The molecule has 0 spiro atoms. The minimum Gasteiger partial charge on any atom is -0.348 e. The van der Waals surface area contributed by atoms with Crippen LogP contribution in [-0.4, -0.2) is 39.7 Å². The smallest absolute Gasteiger partial charge is 0.294 e. The second-order valence-corrected chi connectivity index (χ2v) is 9.89. The molecular formula is C23H22N6O3S2. The van der Waals surface area contributed by atoms with Crippen molar-refractivity contribution >= 4 is 61.2 Å². The van der Waals surface area contributed by atoms with E-state index in [-0.39, 0.29) is 18.0 Å². The highest BCUT2D eigenvalue weighted by Gasteiger charge is 2.23. The predicted octanol–water partition coefficient (Wildman–Crippen LogP) is 3.78. The molecule has 9 nitrogen and oxygen atoms in total. The zero-order valence-electron chi connectivity index (χ0n) is 18.4. The summed E-state index contributed by atoms with van der Waals surface area (Å²) in [6, 6.07) is 10.7. The number of fused-ring (bicyclic) bond motifs is 1. The number of carbonyl (C=O) groups is 2. The summed E-state index contributed by atoms with van der Waals surface area (Å²) in [7, 11) is 0. The molecule has 5 rings (SSSR count). The lowest BCUT2D eigenvalue weighted by atomic mass is 10.2. The van der Waals surface area contributed by atoms with Crippen molar-refractivity contribution in [2.75, 3.05) is 28.6 Å². The zero-order chi connectivity index (χ0) is 23.7. The van der Waals surface area contributed by atoms with Gasteiger partial charge < -0.3 is 15.5 Å². The number of hydrogen-bond acceptors (Lipinski definition) is 8. The summed E-state index contributed by atoms with van der Waals surface area (Å²) >= 11 is 3.01. The Bertz CT molecular complexity index is 1420. The maximum absolute atomic E-state index is 13.2. The molecule has 2 N–H and O–H groups in total. The van der Waals surface area contributed by atoms with Gasteiger partial charge in [-0.2, -0.15) is 5.10 Å². The number of thiazole rings is 1. The van der Waals surface area contributed by atoms with Gasteiger partial charge in [-0.1, -0.05) is 23.5 Å². The molecule has 11 heteroatoms. The van der Waals surface area contributed by atoms with Crippen LogP contribution in [0.3, 0.4) is 0 Å². The normalized spacial score (nSPS) is 13.4. The van der Waals surface area contributed by atoms with Crippen molar-refractivity contribution < 1.29 is 9.59 Å². The summed E-state index contributed by atoms with van der Waals surface area (Å²) in [6.45, 7) is 3.01. The molecule has 4 heterocycles. The third-order valence-corrected chi connectivity index (χ3v) is 7.38. The summed E-state index contributed by atoms with van der Waals surface area (Å²) in [5.74, 6) is -0.605. The van der Waals surface area contributed by atoms with E-state index in [0.29, 0.717) is 22.6 Å². The number of benzene rings is 1. The van der Waals surface area contributed by atoms with Crippen molar-refractivity contribution in [2.45, 2.75) is 26.3 Å². The topological polar surface area (TPSA) is 109 Å². The maximum Gasteiger partial charge on any atom is 0.294 e. The molecule has 0 radical (unpaired) electrons. The van der Waals surface area contributed by atoms with E-state index in [0.717, 1.165) is 40.6 Å². The third kappa shape index (κ3) is 4.57. The summed E-state index contributed by atoms with van der Waals surface area (Å²) < 4.78 is 1.92. The van der Waals surface area contributed by atoms with Gasteiger partial charge in [0.2, 0.25) is 11.8 Å². The summed E-state index contributed by atoms with van der Waals surface area (Å²) in [5.41, 5.74) is 1.69. The Kier molecular flexibility index (Phi) is 6.12. The molecular weight excluding hydrogens is 472 g/mol. The third-order valence-electron chi connectivity index (χ3n) is 5.38. The molecule has 1 aliphatic rings. The van der Waals surface area contributed by atoms with Crippen LogP contribution in [0.4, 0.5) is 16.5 Å². The van der Waals surface area contributed by atoms with Crippen LogP contribution in [0.2, 0.25) is 0 Å². The fraction of sp³-hybridized carbons (Fsp3) is 0.261. The summed E-state index contributed by atoms with van der Waals surface area (Å²) in [4.78, 5) is 45.1. The Hall–Kier alpha value is -3.57. The highest BCUT2D eigenvalue weighted by Crippen LogP contribution is 2.36. The van der Waals surface area contributed by atoms with E-state index in [1.807, 2.05) is 17.5 Å². The SMILES string of the molecule is CC(=O)Nc1cccc(NC(=O)Cn2nc(-c3cccs3)c3sc(N4CCCC4)nc3c2=O)c1. The number of thiophene rings is 1. The van der Waals surface area contributed by atoms with Crippen molar-refractivity contribution in [3.05, 3.63) is 52.1 Å². The van der Waals surface area contributed by atoms with Crippen LogP contribution >= 0.6 is 22.7 Å². The molecule has 3 aromatic heterocycles. The van der Waals surface area contributed by atoms with Crippen LogP contribution in [-0.2, 0) is 16.1 Å². The largest absolute Gasteiger partial charge is 0.348 e. The minimum atomic E-state index is -0.402.